The Labute approximate surface area is 180 Å². The molecule has 0 aromatic heterocycles. The molecular formula is C21H24F2N2O5S. The highest BCUT2D eigenvalue weighted by molar-refractivity contribution is 7.92. The molecule has 0 aliphatic heterocycles. The quantitative estimate of drug-likeness (QED) is 0.584. The van der Waals surface area contributed by atoms with Gasteiger partial charge in [0.25, 0.3) is 0 Å². The summed E-state index contributed by atoms with van der Waals surface area (Å²) in [6.45, 7) is 3.50. The van der Waals surface area contributed by atoms with Gasteiger partial charge in [-0.15, -0.1) is 0 Å². The van der Waals surface area contributed by atoms with Gasteiger partial charge in [-0.05, 0) is 50.1 Å². The first kappa shape index (κ1) is 24.3. The maximum absolute atomic E-state index is 13.5. The number of hydrogen-bond acceptors (Lipinski definition) is 5. The van der Waals surface area contributed by atoms with Crippen molar-refractivity contribution in [1.82, 2.24) is 0 Å². The van der Waals surface area contributed by atoms with E-state index in [1.807, 2.05) is 0 Å². The molecular weight excluding hydrogens is 430 g/mol. The standard InChI is InChI=1S/C21H24F2N2O5S/c1-4-30-21(27)16-7-5-8-19(14(16)2)24-20(26)9-6-12-25(31(3,28)29)15-10-11-17(22)18(23)13-15/h5,7-8,10-11,13H,4,6,9,12H2,1-3H3,(H,24,26). The second kappa shape index (κ2) is 10.3. The lowest BCUT2D eigenvalue weighted by atomic mass is 10.1. The fourth-order valence-electron chi connectivity index (χ4n) is 2.92. The summed E-state index contributed by atoms with van der Waals surface area (Å²) < 4.78 is 56.7. The summed E-state index contributed by atoms with van der Waals surface area (Å²) in [7, 11) is -3.77. The molecule has 168 valence electrons. The van der Waals surface area contributed by atoms with Crippen LogP contribution in [0.25, 0.3) is 0 Å². The van der Waals surface area contributed by atoms with Crippen LogP contribution in [0, 0.1) is 18.6 Å². The molecule has 0 aliphatic carbocycles. The molecule has 31 heavy (non-hydrogen) atoms. The molecule has 2 aromatic carbocycles. The van der Waals surface area contributed by atoms with Gasteiger partial charge in [-0.2, -0.15) is 0 Å². The lowest BCUT2D eigenvalue weighted by Crippen LogP contribution is -2.31. The topological polar surface area (TPSA) is 92.8 Å². The number of anilines is 2. The van der Waals surface area contributed by atoms with Crippen molar-refractivity contribution in [1.29, 1.82) is 0 Å². The largest absolute Gasteiger partial charge is 0.462 e. The van der Waals surface area contributed by atoms with Crippen LogP contribution in [0.15, 0.2) is 36.4 Å². The molecule has 0 radical (unpaired) electrons. The summed E-state index contributed by atoms with van der Waals surface area (Å²) in [5.41, 5.74) is 1.30. The second-order valence-electron chi connectivity index (χ2n) is 6.78. The van der Waals surface area contributed by atoms with E-state index < -0.39 is 27.6 Å². The van der Waals surface area contributed by atoms with Gasteiger partial charge in [0.15, 0.2) is 11.6 Å². The summed E-state index contributed by atoms with van der Waals surface area (Å²) >= 11 is 0. The number of hydrogen-bond donors (Lipinski definition) is 1. The Hall–Kier alpha value is -3.01. The number of sulfonamides is 1. The lowest BCUT2D eigenvalue weighted by molar-refractivity contribution is -0.116. The first-order chi connectivity index (χ1) is 14.5. The molecule has 0 unspecified atom stereocenters. The van der Waals surface area contributed by atoms with Crippen LogP contribution in [0.4, 0.5) is 20.2 Å². The Balaban J connectivity index is 2.04. The summed E-state index contributed by atoms with van der Waals surface area (Å²) in [6.07, 6.45) is 1.05. The van der Waals surface area contributed by atoms with Crippen molar-refractivity contribution in [2.45, 2.75) is 26.7 Å². The van der Waals surface area contributed by atoms with E-state index in [0.29, 0.717) is 16.8 Å². The van der Waals surface area contributed by atoms with Gasteiger partial charge in [0.1, 0.15) is 0 Å². The smallest absolute Gasteiger partial charge is 0.338 e. The number of nitrogens with one attached hydrogen (secondary N) is 1. The van der Waals surface area contributed by atoms with E-state index in [2.05, 4.69) is 5.32 Å². The van der Waals surface area contributed by atoms with Crippen molar-refractivity contribution >= 4 is 33.3 Å². The van der Waals surface area contributed by atoms with E-state index in [0.717, 1.165) is 28.8 Å². The number of halogens is 2. The first-order valence-corrected chi connectivity index (χ1v) is 11.4. The molecule has 2 aromatic rings. The zero-order valence-corrected chi connectivity index (χ0v) is 18.3. The third-order valence-corrected chi connectivity index (χ3v) is 5.65. The Morgan fingerprint density at radius 3 is 2.45 bits per heavy atom. The van der Waals surface area contributed by atoms with Gasteiger partial charge in [0, 0.05) is 24.7 Å². The Kier molecular flexibility index (Phi) is 8.09. The highest BCUT2D eigenvalue weighted by Crippen LogP contribution is 2.22. The van der Waals surface area contributed by atoms with E-state index in [-0.39, 0.29) is 37.6 Å². The molecule has 0 spiro atoms. The molecule has 2 rings (SSSR count). The molecule has 1 amide bonds. The molecule has 0 bridgehead atoms. The van der Waals surface area contributed by atoms with E-state index in [4.69, 9.17) is 4.74 Å². The highest BCUT2D eigenvalue weighted by atomic mass is 32.2. The van der Waals surface area contributed by atoms with Crippen molar-refractivity contribution in [3.05, 3.63) is 59.2 Å². The summed E-state index contributed by atoms with van der Waals surface area (Å²) in [4.78, 5) is 24.3. The molecule has 0 heterocycles. The number of benzene rings is 2. The van der Waals surface area contributed by atoms with Crippen LogP contribution in [0.3, 0.4) is 0 Å². The van der Waals surface area contributed by atoms with E-state index >= 15 is 0 Å². The zero-order chi connectivity index (χ0) is 23.2. The van der Waals surface area contributed by atoms with Crippen molar-refractivity contribution in [2.75, 3.05) is 29.0 Å². The van der Waals surface area contributed by atoms with Gasteiger partial charge in [-0.25, -0.2) is 22.0 Å². The normalized spacial score (nSPS) is 11.1. The van der Waals surface area contributed by atoms with Crippen molar-refractivity contribution in [3.63, 3.8) is 0 Å². The van der Waals surface area contributed by atoms with Crippen LogP contribution in [0.5, 0.6) is 0 Å². The molecule has 0 saturated heterocycles. The predicted molar refractivity (Wildman–Crippen MR) is 114 cm³/mol. The van der Waals surface area contributed by atoms with Crippen molar-refractivity contribution in [2.24, 2.45) is 0 Å². The predicted octanol–water partition coefficient (Wildman–Crippen LogP) is 3.63. The lowest BCUT2D eigenvalue weighted by Gasteiger charge is -2.22. The minimum absolute atomic E-state index is 0.0280. The molecule has 7 nitrogen and oxygen atoms in total. The van der Waals surface area contributed by atoms with Gasteiger partial charge in [0.05, 0.1) is 24.1 Å². The minimum Gasteiger partial charge on any atom is -0.462 e. The number of ether oxygens (including phenoxy) is 1. The fraction of sp³-hybridized carbons (Fsp3) is 0.333. The van der Waals surface area contributed by atoms with Crippen molar-refractivity contribution < 1.29 is 31.5 Å². The van der Waals surface area contributed by atoms with Gasteiger partial charge in [-0.1, -0.05) is 6.07 Å². The zero-order valence-electron chi connectivity index (χ0n) is 17.4. The molecule has 0 fully saturated rings. The Bertz CT molecular complexity index is 1070. The van der Waals surface area contributed by atoms with E-state index in [1.54, 1.807) is 32.0 Å². The molecule has 10 heteroatoms. The average Bonchev–Trinajstić information content (AvgIpc) is 2.68. The molecule has 0 atom stereocenters. The van der Waals surface area contributed by atoms with Gasteiger partial charge in [0.2, 0.25) is 15.9 Å². The first-order valence-electron chi connectivity index (χ1n) is 9.54. The van der Waals surface area contributed by atoms with Crippen LogP contribution in [-0.4, -0.2) is 39.7 Å². The number of nitrogens with zero attached hydrogens (tertiary/aromatic N) is 1. The minimum atomic E-state index is -3.77. The van der Waals surface area contributed by atoms with Crippen molar-refractivity contribution in [3.8, 4) is 0 Å². The van der Waals surface area contributed by atoms with Crippen LogP contribution < -0.4 is 9.62 Å². The average molecular weight is 454 g/mol. The summed E-state index contributed by atoms with van der Waals surface area (Å²) in [6, 6.07) is 7.64. The van der Waals surface area contributed by atoms with Crippen LogP contribution >= 0.6 is 0 Å². The van der Waals surface area contributed by atoms with E-state index in [9.17, 15) is 26.8 Å². The van der Waals surface area contributed by atoms with Gasteiger partial charge < -0.3 is 10.1 Å². The number of carbonyl (C=O) groups is 2. The van der Waals surface area contributed by atoms with Crippen LogP contribution in [0.1, 0.15) is 35.7 Å². The number of amides is 1. The summed E-state index contributed by atoms with van der Waals surface area (Å²) in [5, 5.41) is 2.69. The number of rotatable bonds is 9. The van der Waals surface area contributed by atoms with Gasteiger partial charge >= 0.3 is 5.97 Å². The maximum atomic E-state index is 13.5. The molecule has 0 saturated carbocycles. The monoisotopic (exact) mass is 454 g/mol. The second-order valence-corrected chi connectivity index (χ2v) is 8.69. The summed E-state index contributed by atoms with van der Waals surface area (Å²) in [5.74, 6) is -3.13. The molecule has 0 aliphatic rings. The number of esters is 1. The fourth-order valence-corrected chi connectivity index (χ4v) is 3.88. The third-order valence-electron chi connectivity index (χ3n) is 4.46. The maximum Gasteiger partial charge on any atom is 0.338 e. The van der Waals surface area contributed by atoms with Gasteiger partial charge in [-0.3, -0.25) is 9.10 Å². The van der Waals surface area contributed by atoms with Crippen LogP contribution in [0.2, 0.25) is 0 Å². The SMILES string of the molecule is CCOC(=O)c1cccc(NC(=O)CCCN(c2ccc(F)c(F)c2)S(C)(=O)=O)c1C. The van der Waals surface area contributed by atoms with E-state index in [1.165, 1.54) is 0 Å². The third kappa shape index (κ3) is 6.48. The Morgan fingerprint density at radius 2 is 1.84 bits per heavy atom. The molecule has 1 N–H and O–H groups in total. The van der Waals surface area contributed by atoms with Crippen LogP contribution in [-0.2, 0) is 19.6 Å². The number of carbonyl (C=O) groups excluding carboxylic acids is 2. The Morgan fingerprint density at radius 1 is 1.13 bits per heavy atom. The highest BCUT2D eigenvalue weighted by Gasteiger charge is 2.20.